The average Bonchev–Trinajstić information content (AvgIpc) is 2.44. The number of hydrogen-bond donors (Lipinski definition) is 1. The molecule has 1 atom stereocenters. The van der Waals surface area contributed by atoms with Crippen molar-refractivity contribution in [3.8, 4) is 5.75 Å². The Labute approximate surface area is 119 Å². The Balaban J connectivity index is 1.91. The van der Waals surface area contributed by atoms with E-state index in [1.807, 2.05) is 6.92 Å². The van der Waals surface area contributed by atoms with Crippen molar-refractivity contribution in [2.45, 2.75) is 58.1 Å². The lowest BCUT2D eigenvalue weighted by molar-refractivity contribution is -0.128. The monoisotopic (exact) mass is 279 g/mol. The molecule has 1 aromatic carbocycles. The minimum absolute atomic E-state index is 0.124. The molecule has 0 radical (unpaired) electrons. The number of rotatable bonds is 4. The Kier molecular flexibility index (Phi) is 4.99. The molecule has 1 unspecified atom stereocenters. The third-order valence-electron chi connectivity index (χ3n) is 3.77. The highest BCUT2D eigenvalue weighted by atomic mass is 19.1. The van der Waals surface area contributed by atoms with E-state index in [9.17, 15) is 9.18 Å². The van der Waals surface area contributed by atoms with E-state index in [0.29, 0.717) is 5.75 Å². The van der Waals surface area contributed by atoms with Crippen LogP contribution in [0.3, 0.4) is 0 Å². The first kappa shape index (κ1) is 14.8. The lowest BCUT2D eigenvalue weighted by Crippen LogP contribution is -2.43. The fourth-order valence-electron chi connectivity index (χ4n) is 2.51. The third-order valence-corrected chi connectivity index (χ3v) is 3.77. The van der Waals surface area contributed by atoms with Crippen LogP contribution in [0.25, 0.3) is 0 Å². The molecule has 3 nitrogen and oxygen atoms in total. The Bertz CT molecular complexity index is 470. The van der Waals surface area contributed by atoms with E-state index in [-0.39, 0.29) is 17.8 Å². The van der Waals surface area contributed by atoms with E-state index in [2.05, 4.69) is 5.32 Å². The average molecular weight is 279 g/mol. The van der Waals surface area contributed by atoms with Crippen LogP contribution in [0.15, 0.2) is 18.2 Å². The van der Waals surface area contributed by atoms with Crippen molar-refractivity contribution in [1.82, 2.24) is 5.32 Å². The third kappa shape index (κ3) is 3.95. The summed E-state index contributed by atoms with van der Waals surface area (Å²) in [4.78, 5) is 12.1. The van der Waals surface area contributed by atoms with Gasteiger partial charge in [0.2, 0.25) is 0 Å². The van der Waals surface area contributed by atoms with Crippen LogP contribution in [-0.2, 0) is 4.79 Å². The maximum Gasteiger partial charge on any atom is 0.260 e. The number of nitrogens with one attached hydrogen (secondary N) is 1. The van der Waals surface area contributed by atoms with Crippen LogP contribution >= 0.6 is 0 Å². The van der Waals surface area contributed by atoms with Gasteiger partial charge in [-0.05, 0) is 38.3 Å². The topological polar surface area (TPSA) is 38.3 Å². The number of aryl methyl sites for hydroxylation is 1. The lowest BCUT2D eigenvalue weighted by atomic mass is 9.95. The quantitative estimate of drug-likeness (QED) is 0.918. The second kappa shape index (κ2) is 6.73. The van der Waals surface area contributed by atoms with Crippen molar-refractivity contribution in [2.75, 3.05) is 0 Å². The summed E-state index contributed by atoms with van der Waals surface area (Å²) in [6, 6.07) is 4.61. The molecular weight excluding hydrogens is 257 g/mol. The normalized spacial score (nSPS) is 17.6. The zero-order chi connectivity index (χ0) is 14.5. The van der Waals surface area contributed by atoms with Crippen LogP contribution in [0, 0.1) is 12.7 Å². The zero-order valence-corrected chi connectivity index (χ0v) is 12.1. The second-order valence-corrected chi connectivity index (χ2v) is 5.51. The first-order valence-corrected chi connectivity index (χ1v) is 7.29. The molecule has 0 aromatic heterocycles. The number of amides is 1. The van der Waals surface area contributed by atoms with Gasteiger partial charge in [0, 0.05) is 12.1 Å². The number of carbonyl (C=O) groups excluding carboxylic acids is 1. The van der Waals surface area contributed by atoms with Crippen molar-refractivity contribution >= 4 is 5.91 Å². The highest BCUT2D eigenvalue weighted by molar-refractivity contribution is 5.81. The van der Waals surface area contributed by atoms with Gasteiger partial charge in [0.25, 0.3) is 5.91 Å². The molecule has 1 saturated carbocycles. The number of halogens is 1. The Hall–Kier alpha value is -1.58. The van der Waals surface area contributed by atoms with Crippen LogP contribution in [-0.4, -0.2) is 18.1 Å². The SMILES string of the molecule is Cc1ccc(F)cc1OC(C)C(=O)NC1CCCCC1. The molecule has 1 amide bonds. The summed E-state index contributed by atoms with van der Waals surface area (Å²) in [6.07, 6.45) is 5.06. The molecular formula is C16H22FNO2. The standard InChI is InChI=1S/C16H22FNO2/c1-11-8-9-13(17)10-15(11)20-12(2)16(19)18-14-6-4-3-5-7-14/h8-10,12,14H,3-7H2,1-2H3,(H,18,19). The van der Waals surface area contributed by atoms with E-state index in [4.69, 9.17) is 4.74 Å². The summed E-state index contributed by atoms with van der Waals surface area (Å²) < 4.78 is 18.8. The van der Waals surface area contributed by atoms with Gasteiger partial charge in [0.05, 0.1) is 0 Å². The predicted molar refractivity (Wildman–Crippen MR) is 76.2 cm³/mol. The summed E-state index contributed by atoms with van der Waals surface area (Å²) in [5, 5.41) is 3.02. The van der Waals surface area contributed by atoms with E-state index in [1.54, 1.807) is 13.0 Å². The van der Waals surface area contributed by atoms with Gasteiger partial charge in [-0.25, -0.2) is 4.39 Å². The van der Waals surface area contributed by atoms with Crippen LogP contribution in [0.2, 0.25) is 0 Å². The molecule has 1 fully saturated rings. The van der Waals surface area contributed by atoms with Crippen LogP contribution in [0.5, 0.6) is 5.75 Å². The van der Waals surface area contributed by atoms with Gasteiger partial charge in [-0.15, -0.1) is 0 Å². The summed E-state index contributed by atoms with van der Waals surface area (Å²) >= 11 is 0. The minimum atomic E-state index is -0.613. The second-order valence-electron chi connectivity index (χ2n) is 5.51. The largest absolute Gasteiger partial charge is 0.481 e. The molecule has 1 aliphatic rings. The highest BCUT2D eigenvalue weighted by Gasteiger charge is 2.21. The fraction of sp³-hybridized carbons (Fsp3) is 0.562. The van der Waals surface area contributed by atoms with Gasteiger partial charge in [-0.2, -0.15) is 0 Å². The predicted octanol–water partition coefficient (Wildman–Crippen LogP) is 3.35. The van der Waals surface area contributed by atoms with Crippen LogP contribution in [0.4, 0.5) is 4.39 Å². The highest BCUT2D eigenvalue weighted by Crippen LogP contribution is 2.21. The van der Waals surface area contributed by atoms with E-state index >= 15 is 0 Å². The van der Waals surface area contributed by atoms with Crippen LogP contribution < -0.4 is 10.1 Å². The molecule has 20 heavy (non-hydrogen) atoms. The van der Waals surface area contributed by atoms with Crippen molar-refractivity contribution in [3.63, 3.8) is 0 Å². The van der Waals surface area contributed by atoms with Gasteiger partial charge < -0.3 is 10.1 Å². The van der Waals surface area contributed by atoms with Gasteiger partial charge in [0.15, 0.2) is 6.10 Å². The summed E-state index contributed by atoms with van der Waals surface area (Å²) in [5.41, 5.74) is 0.823. The number of carbonyl (C=O) groups is 1. The van der Waals surface area contributed by atoms with Crippen molar-refractivity contribution in [1.29, 1.82) is 0 Å². The summed E-state index contributed by atoms with van der Waals surface area (Å²) in [6.45, 7) is 3.53. The molecule has 0 heterocycles. The minimum Gasteiger partial charge on any atom is -0.481 e. The summed E-state index contributed by atoms with van der Waals surface area (Å²) in [7, 11) is 0. The maximum absolute atomic E-state index is 13.2. The molecule has 1 aromatic rings. The molecule has 1 aliphatic carbocycles. The fourth-order valence-corrected chi connectivity index (χ4v) is 2.51. The maximum atomic E-state index is 13.2. The molecule has 2 rings (SSSR count). The Morgan fingerprint density at radius 2 is 2.05 bits per heavy atom. The number of hydrogen-bond acceptors (Lipinski definition) is 2. The van der Waals surface area contributed by atoms with E-state index in [1.165, 1.54) is 31.4 Å². The van der Waals surface area contributed by atoms with Crippen LogP contribution in [0.1, 0.15) is 44.6 Å². The molecule has 4 heteroatoms. The number of benzene rings is 1. The van der Waals surface area contributed by atoms with Crippen molar-refractivity contribution in [2.24, 2.45) is 0 Å². The molecule has 1 N–H and O–H groups in total. The number of ether oxygens (including phenoxy) is 1. The van der Waals surface area contributed by atoms with Crippen molar-refractivity contribution in [3.05, 3.63) is 29.6 Å². The molecule has 0 saturated heterocycles. The molecule has 0 bridgehead atoms. The lowest BCUT2D eigenvalue weighted by Gasteiger charge is -2.25. The van der Waals surface area contributed by atoms with Gasteiger partial charge in [-0.3, -0.25) is 4.79 Å². The van der Waals surface area contributed by atoms with E-state index in [0.717, 1.165) is 18.4 Å². The Morgan fingerprint density at radius 3 is 2.75 bits per heavy atom. The zero-order valence-electron chi connectivity index (χ0n) is 12.1. The molecule has 0 spiro atoms. The van der Waals surface area contributed by atoms with Gasteiger partial charge in [0.1, 0.15) is 11.6 Å². The molecule has 110 valence electrons. The first-order chi connectivity index (χ1) is 9.56. The van der Waals surface area contributed by atoms with Gasteiger partial charge in [-0.1, -0.05) is 25.3 Å². The summed E-state index contributed by atoms with van der Waals surface area (Å²) in [5.74, 6) is -0.0534. The smallest absolute Gasteiger partial charge is 0.260 e. The Morgan fingerprint density at radius 1 is 1.35 bits per heavy atom. The first-order valence-electron chi connectivity index (χ1n) is 7.29. The van der Waals surface area contributed by atoms with E-state index < -0.39 is 6.10 Å². The van der Waals surface area contributed by atoms with Crippen molar-refractivity contribution < 1.29 is 13.9 Å². The van der Waals surface area contributed by atoms with Gasteiger partial charge >= 0.3 is 0 Å². The molecule has 0 aliphatic heterocycles.